The Morgan fingerprint density at radius 3 is 3.05 bits per heavy atom. The standard InChI is InChI=1S/C14H24N4O2/c1-2-17(9-10-18-8-4-6-15-18)14(20)12-16-7-3-5-13(19)11-16/h4,6,8,13,19H,2-3,5,7,9-12H2,1H3/t13-/m0/s1. The summed E-state index contributed by atoms with van der Waals surface area (Å²) >= 11 is 0. The molecule has 112 valence electrons. The fourth-order valence-corrected chi connectivity index (χ4v) is 2.58. The van der Waals surface area contributed by atoms with Crippen LogP contribution < -0.4 is 0 Å². The summed E-state index contributed by atoms with van der Waals surface area (Å²) in [6.07, 6.45) is 5.18. The van der Waals surface area contributed by atoms with Gasteiger partial charge in [0.15, 0.2) is 0 Å². The molecule has 1 aromatic rings. The van der Waals surface area contributed by atoms with Crippen LogP contribution in [0.1, 0.15) is 19.8 Å². The Bertz CT molecular complexity index is 407. The molecule has 1 saturated heterocycles. The molecule has 1 atom stereocenters. The number of amides is 1. The third kappa shape index (κ3) is 4.31. The number of likely N-dealkylation sites (N-methyl/N-ethyl adjacent to an activating group) is 1. The number of hydrogen-bond donors (Lipinski definition) is 1. The van der Waals surface area contributed by atoms with Crippen LogP contribution in [0.5, 0.6) is 0 Å². The fraction of sp³-hybridized carbons (Fsp3) is 0.714. The van der Waals surface area contributed by atoms with Crippen LogP contribution in [-0.4, -0.2) is 69.4 Å². The Kier molecular flexibility index (Phi) is 5.55. The highest BCUT2D eigenvalue weighted by molar-refractivity contribution is 5.78. The van der Waals surface area contributed by atoms with Crippen molar-refractivity contribution in [3.05, 3.63) is 18.5 Å². The molecule has 0 aliphatic carbocycles. The molecule has 1 amide bonds. The van der Waals surface area contributed by atoms with E-state index in [4.69, 9.17) is 0 Å². The van der Waals surface area contributed by atoms with Gasteiger partial charge in [0.25, 0.3) is 0 Å². The molecular weight excluding hydrogens is 256 g/mol. The molecule has 1 aliphatic heterocycles. The topological polar surface area (TPSA) is 61.6 Å². The van der Waals surface area contributed by atoms with E-state index in [-0.39, 0.29) is 12.0 Å². The number of aromatic nitrogens is 2. The predicted molar refractivity (Wildman–Crippen MR) is 76.2 cm³/mol. The van der Waals surface area contributed by atoms with Crippen molar-refractivity contribution in [1.29, 1.82) is 0 Å². The molecular formula is C14H24N4O2. The van der Waals surface area contributed by atoms with Crippen LogP contribution in [-0.2, 0) is 11.3 Å². The maximum absolute atomic E-state index is 12.3. The minimum atomic E-state index is -0.282. The van der Waals surface area contributed by atoms with E-state index in [9.17, 15) is 9.90 Å². The monoisotopic (exact) mass is 280 g/mol. The average molecular weight is 280 g/mol. The van der Waals surface area contributed by atoms with Crippen molar-refractivity contribution in [1.82, 2.24) is 19.6 Å². The molecule has 0 radical (unpaired) electrons. The normalized spacial score (nSPS) is 20.0. The second-order valence-corrected chi connectivity index (χ2v) is 5.27. The van der Waals surface area contributed by atoms with Crippen molar-refractivity contribution < 1.29 is 9.90 Å². The maximum atomic E-state index is 12.3. The van der Waals surface area contributed by atoms with E-state index in [0.29, 0.717) is 26.2 Å². The van der Waals surface area contributed by atoms with Gasteiger partial charge in [0.05, 0.1) is 19.2 Å². The molecule has 0 saturated carbocycles. The molecule has 0 spiro atoms. The number of β-amino-alcohol motifs (C(OH)–C–C–N with tert-alkyl or cyclic N) is 1. The molecule has 1 aliphatic rings. The molecule has 6 nitrogen and oxygen atoms in total. The molecule has 20 heavy (non-hydrogen) atoms. The minimum absolute atomic E-state index is 0.133. The molecule has 0 bridgehead atoms. The number of nitrogens with zero attached hydrogens (tertiary/aromatic N) is 4. The molecule has 6 heteroatoms. The lowest BCUT2D eigenvalue weighted by Crippen LogP contribution is -2.46. The lowest BCUT2D eigenvalue weighted by atomic mass is 10.1. The number of aliphatic hydroxyl groups is 1. The summed E-state index contributed by atoms with van der Waals surface area (Å²) in [7, 11) is 0. The second kappa shape index (κ2) is 7.40. The Balaban J connectivity index is 1.79. The number of rotatable bonds is 6. The summed E-state index contributed by atoms with van der Waals surface area (Å²) in [5.74, 6) is 0.133. The summed E-state index contributed by atoms with van der Waals surface area (Å²) in [6.45, 7) is 6.01. The molecule has 2 heterocycles. The van der Waals surface area contributed by atoms with Crippen molar-refractivity contribution in [2.75, 3.05) is 32.7 Å². The van der Waals surface area contributed by atoms with Gasteiger partial charge in [0.1, 0.15) is 0 Å². The minimum Gasteiger partial charge on any atom is -0.392 e. The number of carbonyl (C=O) groups excluding carboxylic acids is 1. The molecule has 0 aromatic carbocycles. The fourth-order valence-electron chi connectivity index (χ4n) is 2.58. The summed E-state index contributed by atoms with van der Waals surface area (Å²) in [5.41, 5.74) is 0. The first kappa shape index (κ1) is 15.0. The van der Waals surface area contributed by atoms with Crippen molar-refractivity contribution >= 4 is 5.91 Å². The quantitative estimate of drug-likeness (QED) is 0.808. The second-order valence-electron chi connectivity index (χ2n) is 5.27. The van der Waals surface area contributed by atoms with E-state index in [1.807, 2.05) is 33.7 Å². The number of piperidine rings is 1. The highest BCUT2D eigenvalue weighted by Gasteiger charge is 2.21. The number of likely N-dealkylation sites (tertiary alicyclic amines) is 1. The first-order chi connectivity index (χ1) is 9.69. The van der Waals surface area contributed by atoms with E-state index in [2.05, 4.69) is 5.10 Å². The van der Waals surface area contributed by atoms with Crippen LogP contribution in [0.4, 0.5) is 0 Å². The van der Waals surface area contributed by atoms with Crippen molar-refractivity contribution in [3.63, 3.8) is 0 Å². The smallest absolute Gasteiger partial charge is 0.236 e. The lowest BCUT2D eigenvalue weighted by Gasteiger charge is -2.31. The summed E-state index contributed by atoms with van der Waals surface area (Å²) in [5, 5.41) is 13.8. The van der Waals surface area contributed by atoms with E-state index < -0.39 is 0 Å². The number of aliphatic hydroxyl groups excluding tert-OH is 1. The van der Waals surface area contributed by atoms with Crippen LogP contribution in [0.15, 0.2) is 18.5 Å². The van der Waals surface area contributed by atoms with E-state index in [1.165, 1.54) is 0 Å². The Morgan fingerprint density at radius 2 is 2.40 bits per heavy atom. The Hall–Kier alpha value is -1.40. The first-order valence-electron chi connectivity index (χ1n) is 7.34. The zero-order valence-electron chi connectivity index (χ0n) is 12.1. The third-order valence-electron chi connectivity index (χ3n) is 3.73. The molecule has 0 unspecified atom stereocenters. The molecule has 1 N–H and O–H groups in total. The summed E-state index contributed by atoms with van der Waals surface area (Å²) < 4.78 is 1.83. The maximum Gasteiger partial charge on any atom is 0.236 e. The Labute approximate surface area is 120 Å². The zero-order chi connectivity index (χ0) is 14.4. The average Bonchev–Trinajstić information content (AvgIpc) is 2.92. The van der Waals surface area contributed by atoms with Gasteiger partial charge in [0, 0.05) is 32.0 Å². The summed E-state index contributed by atoms with van der Waals surface area (Å²) in [4.78, 5) is 16.2. The lowest BCUT2D eigenvalue weighted by molar-refractivity contribution is -0.133. The zero-order valence-corrected chi connectivity index (χ0v) is 12.1. The number of hydrogen-bond acceptors (Lipinski definition) is 4. The van der Waals surface area contributed by atoms with Gasteiger partial charge in [-0.15, -0.1) is 0 Å². The van der Waals surface area contributed by atoms with Gasteiger partial charge < -0.3 is 10.0 Å². The highest BCUT2D eigenvalue weighted by atomic mass is 16.3. The third-order valence-corrected chi connectivity index (χ3v) is 3.73. The molecule has 1 fully saturated rings. The van der Waals surface area contributed by atoms with Crippen molar-refractivity contribution in [3.8, 4) is 0 Å². The van der Waals surface area contributed by atoms with Crippen molar-refractivity contribution in [2.45, 2.75) is 32.4 Å². The molecule has 2 rings (SSSR count). The van der Waals surface area contributed by atoms with Gasteiger partial charge in [-0.1, -0.05) is 0 Å². The van der Waals surface area contributed by atoms with Gasteiger partial charge in [-0.25, -0.2) is 0 Å². The van der Waals surface area contributed by atoms with E-state index in [0.717, 1.165) is 25.9 Å². The van der Waals surface area contributed by atoms with Gasteiger partial charge in [-0.05, 0) is 32.4 Å². The van der Waals surface area contributed by atoms with Crippen LogP contribution in [0.3, 0.4) is 0 Å². The Morgan fingerprint density at radius 1 is 1.55 bits per heavy atom. The van der Waals surface area contributed by atoms with Crippen LogP contribution >= 0.6 is 0 Å². The van der Waals surface area contributed by atoms with E-state index >= 15 is 0 Å². The summed E-state index contributed by atoms with van der Waals surface area (Å²) in [6, 6.07) is 1.88. The first-order valence-corrected chi connectivity index (χ1v) is 7.34. The van der Waals surface area contributed by atoms with Gasteiger partial charge >= 0.3 is 0 Å². The van der Waals surface area contributed by atoms with Crippen LogP contribution in [0, 0.1) is 0 Å². The number of carbonyl (C=O) groups is 1. The highest BCUT2D eigenvalue weighted by Crippen LogP contribution is 2.09. The van der Waals surface area contributed by atoms with Crippen LogP contribution in [0.25, 0.3) is 0 Å². The van der Waals surface area contributed by atoms with Gasteiger partial charge in [-0.3, -0.25) is 14.4 Å². The molecule has 1 aromatic heterocycles. The van der Waals surface area contributed by atoms with Crippen LogP contribution in [0.2, 0.25) is 0 Å². The largest absolute Gasteiger partial charge is 0.392 e. The van der Waals surface area contributed by atoms with Crippen molar-refractivity contribution in [2.24, 2.45) is 0 Å². The van der Waals surface area contributed by atoms with E-state index in [1.54, 1.807) is 6.20 Å². The van der Waals surface area contributed by atoms with Gasteiger partial charge in [0.2, 0.25) is 5.91 Å². The predicted octanol–water partition coefficient (Wildman–Crippen LogP) is 0.188. The SMILES string of the molecule is CCN(CCn1cccn1)C(=O)CN1CCC[C@H](O)C1. The van der Waals surface area contributed by atoms with Gasteiger partial charge in [-0.2, -0.15) is 5.10 Å².